The average Bonchev–Trinajstić information content (AvgIpc) is 3.26. The van der Waals surface area contributed by atoms with Crippen LogP contribution in [0.5, 0.6) is 0 Å². The Labute approximate surface area is 197 Å². The zero-order valence-corrected chi connectivity index (χ0v) is 20.3. The van der Waals surface area contributed by atoms with Crippen LogP contribution in [0.25, 0.3) is 0 Å². The lowest BCUT2D eigenvalue weighted by Gasteiger charge is -2.29. The van der Waals surface area contributed by atoms with E-state index in [1.807, 2.05) is 30.3 Å². The summed E-state index contributed by atoms with van der Waals surface area (Å²) < 4.78 is 0. The lowest BCUT2D eigenvalue weighted by atomic mass is 9.95. The molecule has 8 nitrogen and oxygen atoms in total. The molecule has 8 heteroatoms. The van der Waals surface area contributed by atoms with E-state index in [0.29, 0.717) is 19.4 Å². The van der Waals surface area contributed by atoms with Gasteiger partial charge in [0.15, 0.2) is 0 Å². The maximum Gasteiger partial charge on any atom is 0.245 e. The van der Waals surface area contributed by atoms with E-state index < -0.39 is 12.0 Å². The summed E-state index contributed by atoms with van der Waals surface area (Å²) in [5, 5.41) is 14.2. The van der Waals surface area contributed by atoms with Crippen LogP contribution in [-0.2, 0) is 20.8 Å². The first-order valence-electron chi connectivity index (χ1n) is 12.1. The molecule has 0 radical (unpaired) electrons. The van der Waals surface area contributed by atoms with Crippen LogP contribution in [0.1, 0.15) is 57.4 Å². The molecular weight excluding hydrogens is 420 g/mol. The molecule has 33 heavy (non-hydrogen) atoms. The van der Waals surface area contributed by atoms with Crippen LogP contribution in [0.2, 0.25) is 0 Å². The van der Waals surface area contributed by atoms with Crippen molar-refractivity contribution in [1.82, 2.24) is 20.7 Å². The van der Waals surface area contributed by atoms with E-state index in [4.69, 9.17) is 0 Å². The van der Waals surface area contributed by atoms with E-state index in [1.54, 1.807) is 24.0 Å². The van der Waals surface area contributed by atoms with Crippen molar-refractivity contribution in [2.75, 3.05) is 27.2 Å². The molecule has 1 aliphatic rings. The second-order valence-corrected chi connectivity index (χ2v) is 9.09. The minimum Gasteiger partial charge on any atom is -0.394 e. The summed E-state index contributed by atoms with van der Waals surface area (Å²) in [4.78, 5) is 40.8. The molecule has 0 unspecified atom stereocenters. The van der Waals surface area contributed by atoms with Gasteiger partial charge in [0, 0.05) is 39.4 Å². The zero-order chi connectivity index (χ0) is 24.2. The molecule has 0 bridgehead atoms. The second kappa shape index (κ2) is 14.0. The van der Waals surface area contributed by atoms with Crippen molar-refractivity contribution in [2.24, 2.45) is 5.92 Å². The molecule has 3 N–H and O–H groups in total. The average molecular weight is 461 g/mol. The molecule has 1 heterocycles. The normalized spacial score (nSPS) is 17.6. The number of hydrogen-bond acceptors (Lipinski definition) is 5. The number of nitrogens with zero attached hydrogens (tertiary/aromatic N) is 2. The molecule has 1 aliphatic heterocycles. The van der Waals surface area contributed by atoms with Crippen molar-refractivity contribution in [1.29, 1.82) is 0 Å². The summed E-state index contributed by atoms with van der Waals surface area (Å²) in [6.07, 6.45) is 5.48. The fraction of sp³-hybridized carbons (Fsp3) is 0.640. The van der Waals surface area contributed by atoms with Gasteiger partial charge in [0.1, 0.15) is 6.04 Å². The van der Waals surface area contributed by atoms with Crippen LogP contribution in [0.3, 0.4) is 0 Å². The quantitative estimate of drug-likeness (QED) is 0.308. The lowest BCUT2D eigenvalue weighted by molar-refractivity contribution is -0.139. The SMILES string of the molecule is CCCCC[C@H](CC(=O)NN(C)C)C(=O)N[C@@H](Cc1ccccc1)C(=O)N1CCC[C@H]1CO. The Kier molecular flexibility index (Phi) is 11.3. The third-order valence-corrected chi connectivity index (χ3v) is 6.08. The van der Waals surface area contributed by atoms with Crippen LogP contribution in [0, 0.1) is 5.92 Å². The van der Waals surface area contributed by atoms with E-state index in [9.17, 15) is 19.5 Å². The minimum atomic E-state index is -0.738. The zero-order valence-electron chi connectivity index (χ0n) is 20.3. The number of rotatable bonds is 13. The minimum absolute atomic E-state index is 0.0724. The number of nitrogens with one attached hydrogen (secondary N) is 2. The molecule has 3 atom stereocenters. The summed E-state index contributed by atoms with van der Waals surface area (Å²) in [6, 6.07) is 8.64. The highest BCUT2D eigenvalue weighted by Crippen LogP contribution is 2.20. The number of carbonyl (C=O) groups excluding carboxylic acids is 3. The highest BCUT2D eigenvalue weighted by molar-refractivity contribution is 5.91. The Morgan fingerprint density at radius 1 is 1.18 bits per heavy atom. The highest BCUT2D eigenvalue weighted by atomic mass is 16.3. The molecule has 0 aliphatic carbocycles. The number of hydrogen-bond donors (Lipinski definition) is 3. The summed E-state index contributed by atoms with van der Waals surface area (Å²) in [6.45, 7) is 2.59. The van der Waals surface area contributed by atoms with E-state index in [-0.39, 0.29) is 36.8 Å². The van der Waals surface area contributed by atoms with E-state index in [0.717, 1.165) is 37.7 Å². The van der Waals surface area contributed by atoms with Gasteiger partial charge in [-0.25, -0.2) is 5.01 Å². The van der Waals surface area contributed by atoms with Crippen molar-refractivity contribution in [3.63, 3.8) is 0 Å². The van der Waals surface area contributed by atoms with Gasteiger partial charge < -0.3 is 15.3 Å². The second-order valence-electron chi connectivity index (χ2n) is 9.09. The van der Waals surface area contributed by atoms with Crippen LogP contribution in [-0.4, -0.2) is 72.1 Å². The summed E-state index contributed by atoms with van der Waals surface area (Å²) >= 11 is 0. The van der Waals surface area contributed by atoms with E-state index in [1.165, 1.54) is 0 Å². The molecule has 0 aromatic heterocycles. The molecule has 0 saturated carbocycles. The molecule has 0 spiro atoms. The Morgan fingerprint density at radius 2 is 1.91 bits per heavy atom. The van der Waals surface area contributed by atoms with Gasteiger partial charge in [-0.05, 0) is 24.8 Å². The van der Waals surface area contributed by atoms with Gasteiger partial charge in [0.05, 0.1) is 12.6 Å². The number of likely N-dealkylation sites (tertiary alicyclic amines) is 1. The van der Waals surface area contributed by atoms with Crippen molar-refractivity contribution in [3.05, 3.63) is 35.9 Å². The highest BCUT2D eigenvalue weighted by Gasteiger charge is 2.35. The first kappa shape index (κ1) is 26.8. The summed E-state index contributed by atoms with van der Waals surface area (Å²) in [5.74, 6) is -1.17. The van der Waals surface area contributed by atoms with Crippen molar-refractivity contribution in [2.45, 2.75) is 70.4 Å². The number of carbonyl (C=O) groups is 3. The monoisotopic (exact) mass is 460 g/mol. The molecule has 1 aromatic carbocycles. The number of hydrazine groups is 1. The maximum absolute atomic E-state index is 13.4. The lowest BCUT2D eigenvalue weighted by Crippen LogP contribution is -2.53. The first-order chi connectivity index (χ1) is 15.8. The topological polar surface area (TPSA) is 102 Å². The van der Waals surface area contributed by atoms with Gasteiger partial charge in [-0.3, -0.25) is 19.8 Å². The molecule has 1 saturated heterocycles. The number of amides is 3. The standard InChI is InChI=1S/C25H40N4O4/c1-4-5-7-13-20(17-23(31)27-28(2)3)24(32)26-22(16-19-11-8-6-9-12-19)25(33)29-15-10-14-21(29)18-30/h6,8-9,11-12,20-22,30H,4-5,7,10,13-18H2,1-3H3,(H,26,32)(H,27,31)/t20-,21+,22+/m1/s1. The first-order valence-corrected chi connectivity index (χ1v) is 12.1. The number of aliphatic hydroxyl groups excluding tert-OH is 1. The van der Waals surface area contributed by atoms with Crippen molar-refractivity contribution >= 4 is 17.7 Å². The number of aliphatic hydroxyl groups is 1. The summed E-state index contributed by atoms with van der Waals surface area (Å²) in [7, 11) is 3.46. The van der Waals surface area contributed by atoms with Crippen LogP contribution < -0.4 is 10.7 Å². The number of unbranched alkanes of at least 4 members (excludes halogenated alkanes) is 2. The van der Waals surface area contributed by atoms with Crippen LogP contribution >= 0.6 is 0 Å². The third-order valence-electron chi connectivity index (χ3n) is 6.08. The van der Waals surface area contributed by atoms with Gasteiger partial charge in [-0.1, -0.05) is 56.5 Å². The molecule has 3 amide bonds. The van der Waals surface area contributed by atoms with Gasteiger partial charge in [-0.2, -0.15) is 0 Å². The predicted octanol–water partition coefficient (Wildman–Crippen LogP) is 1.88. The van der Waals surface area contributed by atoms with Gasteiger partial charge in [0.2, 0.25) is 17.7 Å². The van der Waals surface area contributed by atoms with Crippen molar-refractivity contribution < 1.29 is 19.5 Å². The summed E-state index contributed by atoms with van der Waals surface area (Å²) in [5.41, 5.74) is 3.65. The van der Waals surface area contributed by atoms with Crippen LogP contribution in [0.4, 0.5) is 0 Å². The van der Waals surface area contributed by atoms with Crippen LogP contribution in [0.15, 0.2) is 30.3 Å². The van der Waals surface area contributed by atoms with Gasteiger partial charge in [-0.15, -0.1) is 0 Å². The Bertz CT molecular complexity index is 756. The van der Waals surface area contributed by atoms with E-state index in [2.05, 4.69) is 17.7 Å². The van der Waals surface area contributed by atoms with Crippen molar-refractivity contribution in [3.8, 4) is 0 Å². The smallest absolute Gasteiger partial charge is 0.245 e. The molecule has 2 rings (SSSR count). The van der Waals surface area contributed by atoms with Gasteiger partial charge >= 0.3 is 0 Å². The van der Waals surface area contributed by atoms with Gasteiger partial charge in [0.25, 0.3) is 0 Å². The van der Waals surface area contributed by atoms with E-state index >= 15 is 0 Å². The fourth-order valence-corrected chi connectivity index (χ4v) is 4.34. The molecule has 1 fully saturated rings. The Hall–Kier alpha value is -2.45. The largest absolute Gasteiger partial charge is 0.394 e. The maximum atomic E-state index is 13.4. The molecule has 184 valence electrons. The molecule has 1 aromatic rings. The predicted molar refractivity (Wildman–Crippen MR) is 128 cm³/mol. The Balaban J connectivity index is 2.17. The molecular formula is C25H40N4O4. The fourth-order valence-electron chi connectivity index (χ4n) is 4.34. The number of benzene rings is 1. The Morgan fingerprint density at radius 3 is 2.55 bits per heavy atom. The third kappa shape index (κ3) is 8.78.